The van der Waals surface area contributed by atoms with Gasteiger partial charge in [0, 0.05) is 17.9 Å². The zero-order valence-corrected chi connectivity index (χ0v) is 30.5. The summed E-state index contributed by atoms with van der Waals surface area (Å²) in [4.78, 5) is 62.5. The lowest BCUT2D eigenvalue weighted by molar-refractivity contribution is -0.141. The van der Waals surface area contributed by atoms with Gasteiger partial charge in [0.1, 0.15) is 29.8 Å². The maximum atomic E-state index is 14.3. The summed E-state index contributed by atoms with van der Waals surface area (Å²) >= 11 is 0. The molecule has 1 unspecified atom stereocenters. The number of carbonyl (C=O) groups is 4. The van der Waals surface area contributed by atoms with Crippen LogP contribution in [0.4, 0.5) is 4.79 Å². The predicted octanol–water partition coefficient (Wildman–Crippen LogP) is 4.32. The number of hydrogen-bond acceptors (Lipinski definition) is 9. The van der Waals surface area contributed by atoms with Gasteiger partial charge in [0.2, 0.25) is 21.8 Å². The maximum absolute atomic E-state index is 14.3. The smallest absolute Gasteiger partial charge is 0.408 e. The van der Waals surface area contributed by atoms with Crippen molar-refractivity contribution in [3.05, 3.63) is 72.3 Å². The molecule has 2 aromatic carbocycles. The summed E-state index contributed by atoms with van der Waals surface area (Å²) < 4.78 is 33.3. The van der Waals surface area contributed by atoms with Crippen LogP contribution in [0.3, 0.4) is 0 Å². The van der Waals surface area contributed by atoms with Crippen molar-refractivity contribution in [2.75, 3.05) is 6.54 Å². The van der Waals surface area contributed by atoms with E-state index in [2.05, 4.69) is 20.5 Å². The zero-order chi connectivity index (χ0) is 37.0. The Morgan fingerprint density at radius 2 is 1.70 bits per heavy atom. The van der Waals surface area contributed by atoms with Crippen molar-refractivity contribution in [1.82, 2.24) is 20.3 Å². The number of carbonyl (C=O) groups excluding carboxylic acids is 4. The van der Waals surface area contributed by atoms with Gasteiger partial charge in [0.15, 0.2) is 0 Å². The van der Waals surface area contributed by atoms with Gasteiger partial charge in [-0.25, -0.2) is 13.2 Å². The number of fused-ring (bicyclic) bond motifs is 2. The second-order valence-electron chi connectivity index (χ2n) is 14.8. The molecule has 1 saturated heterocycles. The standard InChI is InChI=1S/C39H47N5O8S/c45-35-34-22-30(52-40-24-27-14-9-10-18-32(27)26-12-5-4-6-13-26)25-44(34)36(46)33(41-38(48)51-29-16-11-17-29)19-8-3-1-2-7-15-28-23-39(28,42-35)37(47)43-53(49,50)31-20-21-31/h4-7,9-10,12-15,18,24,28-31,33-34H,1-3,8,11,16-17,19-23,25H2,(H,41,48)(H,42,45)(H,43,47)/b15-7-,40-24+/t28-,30-,33+,34+,39?/m1/s1. The highest BCUT2D eigenvalue weighted by Gasteiger charge is 2.62. The highest BCUT2D eigenvalue weighted by Crippen LogP contribution is 2.46. The highest BCUT2D eigenvalue weighted by atomic mass is 32.2. The summed E-state index contributed by atoms with van der Waals surface area (Å²) in [7, 11) is -3.87. The predicted molar refractivity (Wildman–Crippen MR) is 197 cm³/mol. The number of rotatable bonds is 9. The number of allylic oxidation sites excluding steroid dienone is 1. The Bertz CT molecular complexity index is 1860. The lowest BCUT2D eigenvalue weighted by Gasteiger charge is -2.30. The first-order valence-corrected chi connectivity index (χ1v) is 20.3. The molecular weight excluding hydrogens is 699 g/mol. The number of sulfonamides is 1. The summed E-state index contributed by atoms with van der Waals surface area (Å²) in [6.07, 6.45) is 11.0. The SMILES string of the molecule is O=C(N[C@H]1CCCCC/C=C\[C@@H]2CC2(C(=O)NS(=O)(=O)C2CC2)NC(=O)[C@@H]2C[C@@H](O/N=C/c3ccccc3-c3ccccc3)CN2C1=O)OC1CCC1. The van der Waals surface area contributed by atoms with E-state index in [0.29, 0.717) is 32.1 Å². The Morgan fingerprint density at radius 3 is 2.45 bits per heavy atom. The summed E-state index contributed by atoms with van der Waals surface area (Å²) in [6, 6.07) is 15.6. The van der Waals surface area contributed by atoms with Crippen LogP contribution in [-0.2, 0) is 34.0 Å². The fourth-order valence-electron chi connectivity index (χ4n) is 7.32. The van der Waals surface area contributed by atoms with Crippen molar-refractivity contribution in [1.29, 1.82) is 0 Å². The average Bonchev–Trinajstić information content (AvgIpc) is 4.06. The third-order valence-corrected chi connectivity index (χ3v) is 12.7. The van der Waals surface area contributed by atoms with Gasteiger partial charge in [-0.2, -0.15) is 0 Å². The second kappa shape index (κ2) is 15.7. The topological polar surface area (TPSA) is 173 Å². The zero-order valence-electron chi connectivity index (χ0n) is 29.7. The van der Waals surface area contributed by atoms with Gasteiger partial charge in [-0.05, 0) is 68.9 Å². The minimum atomic E-state index is -3.87. The van der Waals surface area contributed by atoms with E-state index < -0.39 is 68.7 Å². The molecule has 5 aliphatic rings. The normalized spacial score (nSPS) is 28.6. The van der Waals surface area contributed by atoms with E-state index >= 15 is 0 Å². The van der Waals surface area contributed by atoms with Crippen LogP contribution in [0, 0.1) is 5.92 Å². The summed E-state index contributed by atoms with van der Waals surface area (Å²) in [5.74, 6) is -2.26. The van der Waals surface area contributed by atoms with Gasteiger partial charge in [-0.3, -0.25) is 19.1 Å². The van der Waals surface area contributed by atoms with Gasteiger partial charge in [-0.1, -0.05) is 84.7 Å². The van der Waals surface area contributed by atoms with E-state index in [1.165, 1.54) is 4.90 Å². The quantitative estimate of drug-likeness (QED) is 0.193. The summed E-state index contributed by atoms with van der Waals surface area (Å²) in [5.41, 5.74) is 1.30. The molecule has 3 aliphatic carbocycles. The van der Waals surface area contributed by atoms with Gasteiger partial charge in [-0.15, -0.1) is 0 Å². The number of oxime groups is 1. The second-order valence-corrected chi connectivity index (χ2v) is 16.8. The molecule has 5 atom stereocenters. The molecule has 0 bridgehead atoms. The first-order valence-electron chi connectivity index (χ1n) is 18.8. The number of hydrogen-bond donors (Lipinski definition) is 3. The number of alkyl carbamates (subject to hydrolysis) is 1. The largest absolute Gasteiger partial charge is 0.446 e. The number of nitrogens with zero attached hydrogens (tertiary/aromatic N) is 2. The Kier molecular flexibility index (Phi) is 10.9. The minimum Gasteiger partial charge on any atom is -0.446 e. The van der Waals surface area contributed by atoms with E-state index in [1.807, 2.05) is 66.7 Å². The molecule has 2 aliphatic heterocycles. The lowest BCUT2D eigenvalue weighted by atomic mass is 9.96. The summed E-state index contributed by atoms with van der Waals surface area (Å²) in [5, 5.41) is 9.31. The molecule has 7 rings (SSSR count). The van der Waals surface area contributed by atoms with Crippen LogP contribution in [0.15, 0.2) is 71.9 Å². The maximum Gasteiger partial charge on any atom is 0.408 e. The van der Waals surface area contributed by atoms with Crippen molar-refractivity contribution in [3.8, 4) is 11.1 Å². The van der Waals surface area contributed by atoms with Crippen molar-refractivity contribution in [3.63, 3.8) is 0 Å². The van der Waals surface area contributed by atoms with E-state index in [1.54, 1.807) is 6.21 Å². The number of amides is 4. The van der Waals surface area contributed by atoms with Crippen molar-refractivity contribution in [2.24, 2.45) is 11.1 Å². The molecule has 0 radical (unpaired) electrons. The molecule has 14 heteroatoms. The summed E-state index contributed by atoms with van der Waals surface area (Å²) in [6.45, 7) is 0.00301. The molecule has 0 spiro atoms. The minimum absolute atomic E-state index is 0.00301. The molecule has 3 N–H and O–H groups in total. The Balaban J connectivity index is 1.13. The molecular formula is C39H47N5O8S. The van der Waals surface area contributed by atoms with Crippen LogP contribution in [-0.4, -0.2) is 85.0 Å². The molecule has 4 amide bonds. The Hall–Kier alpha value is -4.72. The van der Waals surface area contributed by atoms with Crippen molar-refractivity contribution in [2.45, 2.75) is 112 Å². The molecule has 3 saturated carbocycles. The van der Waals surface area contributed by atoms with E-state index in [4.69, 9.17) is 9.57 Å². The fraction of sp³-hybridized carbons (Fsp3) is 0.513. The van der Waals surface area contributed by atoms with Crippen LogP contribution in [0.2, 0.25) is 0 Å². The van der Waals surface area contributed by atoms with Crippen LogP contribution in [0.5, 0.6) is 0 Å². The molecule has 0 aromatic heterocycles. The van der Waals surface area contributed by atoms with E-state index in [9.17, 15) is 27.6 Å². The number of benzene rings is 2. The third-order valence-electron chi connectivity index (χ3n) is 10.9. The van der Waals surface area contributed by atoms with Crippen LogP contribution in [0.1, 0.15) is 82.6 Å². The fourth-order valence-corrected chi connectivity index (χ4v) is 8.68. The lowest BCUT2D eigenvalue weighted by Crippen LogP contribution is -2.58. The van der Waals surface area contributed by atoms with E-state index in [-0.39, 0.29) is 25.5 Å². The van der Waals surface area contributed by atoms with E-state index in [0.717, 1.165) is 48.8 Å². The molecule has 4 fully saturated rings. The number of ether oxygens (including phenoxy) is 1. The third kappa shape index (κ3) is 8.58. The Labute approximate surface area is 310 Å². The highest BCUT2D eigenvalue weighted by molar-refractivity contribution is 7.91. The molecule has 2 aromatic rings. The van der Waals surface area contributed by atoms with Crippen LogP contribution >= 0.6 is 0 Å². The van der Waals surface area contributed by atoms with Gasteiger partial charge >= 0.3 is 6.09 Å². The van der Waals surface area contributed by atoms with Gasteiger partial charge < -0.3 is 25.1 Å². The number of nitrogens with one attached hydrogen (secondary N) is 3. The van der Waals surface area contributed by atoms with Crippen LogP contribution in [0.25, 0.3) is 11.1 Å². The first kappa shape index (κ1) is 36.6. The van der Waals surface area contributed by atoms with Crippen LogP contribution < -0.4 is 15.4 Å². The first-order chi connectivity index (χ1) is 25.6. The molecule has 282 valence electrons. The molecule has 2 heterocycles. The van der Waals surface area contributed by atoms with Crippen molar-refractivity contribution < 1.29 is 37.2 Å². The van der Waals surface area contributed by atoms with Gasteiger partial charge in [0.25, 0.3) is 5.91 Å². The monoisotopic (exact) mass is 745 g/mol. The molecule has 13 nitrogen and oxygen atoms in total. The average molecular weight is 746 g/mol. The molecule has 53 heavy (non-hydrogen) atoms. The van der Waals surface area contributed by atoms with Crippen molar-refractivity contribution >= 4 is 40.1 Å². The van der Waals surface area contributed by atoms with Gasteiger partial charge in [0.05, 0.1) is 18.0 Å². The Morgan fingerprint density at radius 1 is 0.925 bits per heavy atom.